The molecular weight excluding hydrogens is 200 g/mol. The lowest BCUT2D eigenvalue weighted by molar-refractivity contribution is 0.0945. The highest BCUT2D eigenvalue weighted by Crippen LogP contribution is 2.29. The van der Waals surface area contributed by atoms with Gasteiger partial charge in [0.05, 0.1) is 0 Å². The molecule has 88 valence electrons. The van der Waals surface area contributed by atoms with Gasteiger partial charge >= 0.3 is 0 Å². The van der Waals surface area contributed by atoms with Gasteiger partial charge in [-0.15, -0.1) is 0 Å². The molecule has 1 aromatic rings. The number of furan rings is 1. The van der Waals surface area contributed by atoms with E-state index in [1.807, 2.05) is 19.1 Å². The minimum Gasteiger partial charge on any atom is -0.458 e. The lowest BCUT2D eigenvalue weighted by atomic mass is 10.00. The summed E-state index contributed by atoms with van der Waals surface area (Å²) in [5.74, 6) is 2.41. The van der Waals surface area contributed by atoms with Crippen LogP contribution in [0.3, 0.4) is 0 Å². The van der Waals surface area contributed by atoms with Gasteiger partial charge in [0.1, 0.15) is 5.76 Å². The maximum Gasteiger partial charge on any atom is 0.198 e. The molecule has 1 aliphatic carbocycles. The SMILES string of the molecule is CCc1ccc(C(=O)CCC2CCCC2)o1. The molecule has 0 radical (unpaired) electrons. The second-order valence-electron chi connectivity index (χ2n) is 4.73. The van der Waals surface area contributed by atoms with Gasteiger partial charge in [0.15, 0.2) is 11.5 Å². The molecule has 0 amide bonds. The van der Waals surface area contributed by atoms with E-state index in [0.717, 1.165) is 24.5 Å². The zero-order valence-corrected chi connectivity index (χ0v) is 10.00. The van der Waals surface area contributed by atoms with Crippen molar-refractivity contribution in [3.8, 4) is 0 Å². The predicted octanol–water partition coefficient (Wildman–Crippen LogP) is 4.00. The van der Waals surface area contributed by atoms with Crippen LogP contribution in [0.1, 0.15) is 61.8 Å². The van der Waals surface area contributed by atoms with Gasteiger partial charge in [-0.2, -0.15) is 0 Å². The summed E-state index contributed by atoms with van der Waals surface area (Å²) < 4.78 is 5.46. The van der Waals surface area contributed by atoms with Crippen molar-refractivity contribution >= 4 is 5.78 Å². The molecule has 1 saturated carbocycles. The second kappa shape index (κ2) is 5.33. The zero-order chi connectivity index (χ0) is 11.4. The molecule has 0 saturated heterocycles. The molecular formula is C14H20O2. The quantitative estimate of drug-likeness (QED) is 0.702. The number of carbonyl (C=O) groups excluding carboxylic acids is 1. The van der Waals surface area contributed by atoms with E-state index in [0.29, 0.717) is 12.2 Å². The van der Waals surface area contributed by atoms with Crippen molar-refractivity contribution in [2.24, 2.45) is 5.92 Å². The first-order valence-electron chi connectivity index (χ1n) is 6.41. The number of hydrogen-bond acceptors (Lipinski definition) is 2. The van der Waals surface area contributed by atoms with Gasteiger partial charge in [-0.3, -0.25) is 4.79 Å². The monoisotopic (exact) mass is 220 g/mol. The largest absolute Gasteiger partial charge is 0.458 e. The van der Waals surface area contributed by atoms with Crippen LogP contribution in [0.2, 0.25) is 0 Å². The first-order chi connectivity index (χ1) is 7.79. The third-order valence-corrected chi connectivity index (χ3v) is 3.54. The summed E-state index contributed by atoms with van der Waals surface area (Å²) in [7, 11) is 0. The Morgan fingerprint density at radius 1 is 1.38 bits per heavy atom. The summed E-state index contributed by atoms with van der Waals surface area (Å²) in [4.78, 5) is 11.8. The molecule has 2 rings (SSSR count). The second-order valence-corrected chi connectivity index (χ2v) is 4.73. The highest BCUT2D eigenvalue weighted by molar-refractivity contribution is 5.93. The van der Waals surface area contributed by atoms with E-state index in [1.54, 1.807) is 0 Å². The maximum absolute atomic E-state index is 11.8. The maximum atomic E-state index is 11.8. The Morgan fingerprint density at radius 3 is 2.75 bits per heavy atom. The van der Waals surface area contributed by atoms with Crippen LogP contribution < -0.4 is 0 Å². The highest BCUT2D eigenvalue weighted by atomic mass is 16.3. The standard InChI is InChI=1S/C14H20O2/c1-2-12-8-10-14(16-12)13(15)9-7-11-5-3-4-6-11/h8,10-11H,2-7,9H2,1H3. The van der Waals surface area contributed by atoms with E-state index >= 15 is 0 Å². The summed E-state index contributed by atoms with van der Waals surface area (Å²) in [5.41, 5.74) is 0. The molecule has 1 aromatic heterocycles. The molecule has 0 bridgehead atoms. The van der Waals surface area contributed by atoms with Crippen molar-refractivity contribution in [3.63, 3.8) is 0 Å². The fourth-order valence-corrected chi connectivity index (χ4v) is 2.48. The van der Waals surface area contributed by atoms with E-state index in [-0.39, 0.29) is 5.78 Å². The molecule has 0 N–H and O–H groups in total. The number of ketones is 1. The van der Waals surface area contributed by atoms with Crippen molar-refractivity contribution in [2.75, 3.05) is 0 Å². The van der Waals surface area contributed by atoms with Gasteiger partial charge in [-0.1, -0.05) is 32.6 Å². The summed E-state index contributed by atoms with van der Waals surface area (Å²) in [5, 5.41) is 0. The Kier molecular flexibility index (Phi) is 3.81. The van der Waals surface area contributed by atoms with Crippen molar-refractivity contribution in [1.82, 2.24) is 0 Å². The van der Waals surface area contributed by atoms with Gasteiger partial charge in [0, 0.05) is 12.8 Å². The van der Waals surface area contributed by atoms with Crippen LogP contribution in [-0.2, 0) is 6.42 Å². The molecule has 1 heterocycles. The molecule has 2 nitrogen and oxygen atoms in total. The molecule has 0 atom stereocenters. The average molecular weight is 220 g/mol. The zero-order valence-electron chi connectivity index (χ0n) is 10.00. The van der Waals surface area contributed by atoms with Crippen LogP contribution in [0.5, 0.6) is 0 Å². The topological polar surface area (TPSA) is 30.2 Å². The van der Waals surface area contributed by atoms with Crippen LogP contribution in [-0.4, -0.2) is 5.78 Å². The van der Waals surface area contributed by atoms with E-state index in [4.69, 9.17) is 4.42 Å². The Labute approximate surface area is 97.0 Å². The highest BCUT2D eigenvalue weighted by Gasteiger charge is 2.18. The van der Waals surface area contributed by atoms with Crippen molar-refractivity contribution in [3.05, 3.63) is 23.7 Å². The Bertz CT molecular complexity index is 345. The number of carbonyl (C=O) groups is 1. The normalized spacial score (nSPS) is 16.8. The predicted molar refractivity (Wildman–Crippen MR) is 63.6 cm³/mol. The van der Waals surface area contributed by atoms with Crippen LogP contribution in [0.25, 0.3) is 0 Å². The Hall–Kier alpha value is -1.05. The van der Waals surface area contributed by atoms with Crippen molar-refractivity contribution in [2.45, 2.75) is 51.9 Å². The molecule has 16 heavy (non-hydrogen) atoms. The first-order valence-corrected chi connectivity index (χ1v) is 6.41. The van der Waals surface area contributed by atoms with Gasteiger partial charge in [-0.05, 0) is 24.5 Å². The van der Waals surface area contributed by atoms with Crippen LogP contribution in [0, 0.1) is 5.92 Å². The summed E-state index contributed by atoms with van der Waals surface area (Å²) >= 11 is 0. The van der Waals surface area contributed by atoms with Crippen LogP contribution in [0.4, 0.5) is 0 Å². The molecule has 1 fully saturated rings. The van der Waals surface area contributed by atoms with Gasteiger partial charge in [0.25, 0.3) is 0 Å². The number of hydrogen-bond donors (Lipinski definition) is 0. The van der Waals surface area contributed by atoms with Crippen LogP contribution >= 0.6 is 0 Å². The first kappa shape index (κ1) is 11.4. The fourth-order valence-electron chi connectivity index (χ4n) is 2.48. The number of rotatable bonds is 5. The summed E-state index contributed by atoms with van der Waals surface area (Å²) in [6, 6.07) is 3.72. The summed E-state index contributed by atoms with van der Waals surface area (Å²) in [6.07, 6.45) is 7.87. The molecule has 1 aliphatic rings. The molecule has 0 aliphatic heterocycles. The van der Waals surface area contributed by atoms with Crippen molar-refractivity contribution in [1.29, 1.82) is 0 Å². The molecule has 0 spiro atoms. The minimum atomic E-state index is 0.173. The van der Waals surface area contributed by atoms with Gasteiger partial charge < -0.3 is 4.42 Å². The molecule has 0 unspecified atom stereocenters. The molecule has 2 heteroatoms. The van der Waals surface area contributed by atoms with E-state index in [1.165, 1.54) is 25.7 Å². The van der Waals surface area contributed by atoms with Crippen molar-refractivity contribution < 1.29 is 9.21 Å². The van der Waals surface area contributed by atoms with Gasteiger partial charge in [0.2, 0.25) is 0 Å². The smallest absolute Gasteiger partial charge is 0.198 e. The lowest BCUT2D eigenvalue weighted by Crippen LogP contribution is -2.01. The third-order valence-electron chi connectivity index (χ3n) is 3.54. The van der Waals surface area contributed by atoms with E-state index < -0.39 is 0 Å². The number of Topliss-reactive ketones (excluding diaryl/α,β-unsaturated/α-hetero) is 1. The van der Waals surface area contributed by atoms with E-state index in [9.17, 15) is 4.79 Å². The third kappa shape index (κ3) is 2.75. The Balaban J connectivity index is 1.82. The Morgan fingerprint density at radius 2 is 2.12 bits per heavy atom. The fraction of sp³-hybridized carbons (Fsp3) is 0.643. The van der Waals surface area contributed by atoms with Gasteiger partial charge in [-0.25, -0.2) is 0 Å². The van der Waals surface area contributed by atoms with E-state index in [2.05, 4.69) is 0 Å². The lowest BCUT2D eigenvalue weighted by Gasteiger charge is -2.06. The van der Waals surface area contributed by atoms with Crippen LogP contribution in [0.15, 0.2) is 16.5 Å². The summed E-state index contributed by atoms with van der Waals surface area (Å²) in [6.45, 7) is 2.03. The minimum absolute atomic E-state index is 0.173. The molecule has 0 aromatic carbocycles. The average Bonchev–Trinajstić information content (AvgIpc) is 2.96. The number of aryl methyl sites for hydroxylation is 1.